The number of carbonyl (C=O) groups excluding carboxylic acids is 2. The number of phenols is 1. The van der Waals surface area contributed by atoms with Crippen LogP contribution < -0.4 is 5.32 Å². The lowest BCUT2D eigenvalue weighted by molar-refractivity contribution is -0.119. The molecule has 26 heavy (non-hydrogen) atoms. The number of aromatic nitrogens is 1. The molecular weight excluding hydrogens is 379 g/mol. The predicted octanol–water partition coefficient (Wildman–Crippen LogP) is 4.04. The van der Waals surface area contributed by atoms with Crippen LogP contribution in [0.3, 0.4) is 0 Å². The lowest BCUT2D eigenvalue weighted by Crippen LogP contribution is -2.21. The molecule has 0 radical (unpaired) electrons. The van der Waals surface area contributed by atoms with Gasteiger partial charge in [-0.2, -0.15) is 0 Å². The first-order valence-electron chi connectivity index (χ1n) is 7.44. The van der Waals surface area contributed by atoms with Crippen LogP contribution in [-0.4, -0.2) is 28.6 Å². The summed E-state index contributed by atoms with van der Waals surface area (Å²) >= 11 is 11.6. The van der Waals surface area contributed by atoms with Crippen LogP contribution in [0.4, 0.5) is 5.82 Å². The maximum absolute atomic E-state index is 12.2. The normalized spacial score (nSPS) is 10.5. The largest absolute Gasteiger partial charge is 0.507 e. The number of amides is 1. The van der Waals surface area contributed by atoms with Gasteiger partial charge in [0.15, 0.2) is 12.4 Å². The number of pyridine rings is 1. The molecule has 0 aliphatic rings. The average Bonchev–Trinajstić information content (AvgIpc) is 2.61. The third-order valence-electron chi connectivity index (χ3n) is 3.48. The van der Waals surface area contributed by atoms with Gasteiger partial charge in [-0.1, -0.05) is 47.5 Å². The van der Waals surface area contributed by atoms with Crippen LogP contribution in [0.25, 0.3) is 10.8 Å². The summed E-state index contributed by atoms with van der Waals surface area (Å²) in [4.78, 5) is 27.9. The Morgan fingerprint density at radius 1 is 1.12 bits per heavy atom. The summed E-state index contributed by atoms with van der Waals surface area (Å²) in [6.45, 7) is -0.564. The molecule has 1 amide bonds. The molecule has 0 atom stereocenters. The van der Waals surface area contributed by atoms with Gasteiger partial charge in [-0.3, -0.25) is 4.79 Å². The van der Waals surface area contributed by atoms with E-state index in [4.69, 9.17) is 27.9 Å². The Hall–Kier alpha value is -2.83. The number of rotatable bonds is 4. The Kier molecular flexibility index (Phi) is 5.25. The van der Waals surface area contributed by atoms with E-state index in [1.54, 1.807) is 12.1 Å². The number of carbonyl (C=O) groups is 2. The molecule has 1 aromatic heterocycles. The number of ether oxygens (including phenoxy) is 1. The van der Waals surface area contributed by atoms with Crippen molar-refractivity contribution in [1.82, 2.24) is 4.98 Å². The van der Waals surface area contributed by atoms with Crippen molar-refractivity contribution in [2.45, 2.75) is 0 Å². The van der Waals surface area contributed by atoms with Crippen LogP contribution in [0, 0.1) is 0 Å². The summed E-state index contributed by atoms with van der Waals surface area (Å²) in [6.07, 6.45) is 1.32. The summed E-state index contributed by atoms with van der Waals surface area (Å²) in [5.74, 6) is -1.57. The van der Waals surface area contributed by atoms with Gasteiger partial charge in [0.05, 0.1) is 10.0 Å². The van der Waals surface area contributed by atoms with E-state index in [2.05, 4.69) is 10.3 Å². The summed E-state index contributed by atoms with van der Waals surface area (Å²) in [5, 5.41) is 14.4. The molecule has 0 spiro atoms. The molecular formula is C18H12Cl2N2O4. The van der Waals surface area contributed by atoms with Crippen molar-refractivity contribution in [3.8, 4) is 5.75 Å². The summed E-state index contributed by atoms with van der Waals surface area (Å²) < 4.78 is 4.95. The number of esters is 1. The van der Waals surface area contributed by atoms with Gasteiger partial charge in [-0.15, -0.1) is 0 Å². The number of hydrogen-bond donors (Lipinski definition) is 2. The van der Waals surface area contributed by atoms with Crippen molar-refractivity contribution >= 4 is 51.7 Å². The molecule has 3 aromatic rings. The minimum atomic E-state index is -0.821. The lowest BCUT2D eigenvalue weighted by atomic mass is 10.1. The molecule has 0 unspecified atom stereocenters. The topological polar surface area (TPSA) is 88.5 Å². The monoisotopic (exact) mass is 390 g/mol. The number of nitrogens with one attached hydrogen (secondary N) is 1. The van der Waals surface area contributed by atoms with Crippen LogP contribution in [0.15, 0.2) is 48.7 Å². The fourth-order valence-electron chi connectivity index (χ4n) is 2.28. The van der Waals surface area contributed by atoms with E-state index in [1.165, 1.54) is 24.4 Å². The number of fused-ring (bicyclic) bond motifs is 1. The Morgan fingerprint density at radius 2 is 1.81 bits per heavy atom. The van der Waals surface area contributed by atoms with Crippen LogP contribution in [-0.2, 0) is 9.53 Å². The number of nitrogens with zero attached hydrogens (tertiary/aromatic N) is 1. The van der Waals surface area contributed by atoms with Gasteiger partial charge < -0.3 is 15.2 Å². The second kappa shape index (κ2) is 7.59. The minimum Gasteiger partial charge on any atom is -0.507 e. The summed E-state index contributed by atoms with van der Waals surface area (Å²) in [6, 6.07) is 11.6. The fourth-order valence-corrected chi connectivity index (χ4v) is 2.70. The molecule has 3 rings (SSSR count). The number of benzene rings is 2. The van der Waals surface area contributed by atoms with Gasteiger partial charge in [-0.25, -0.2) is 9.78 Å². The van der Waals surface area contributed by atoms with Gasteiger partial charge >= 0.3 is 5.97 Å². The second-order valence-electron chi connectivity index (χ2n) is 5.32. The standard InChI is InChI=1S/C18H12Cl2N2O4/c19-12-7-14(20)17(21-8-12)22-16(24)9-26-18(25)13-5-10-3-1-2-4-11(10)6-15(13)23/h1-8,23H,9H2,(H,21,22,24). The van der Waals surface area contributed by atoms with Gasteiger partial charge in [0, 0.05) is 6.20 Å². The van der Waals surface area contributed by atoms with E-state index in [1.807, 2.05) is 12.1 Å². The van der Waals surface area contributed by atoms with Crippen molar-refractivity contribution < 1.29 is 19.4 Å². The minimum absolute atomic E-state index is 0.0286. The molecule has 0 saturated heterocycles. The zero-order valence-electron chi connectivity index (χ0n) is 13.2. The zero-order valence-corrected chi connectivity index (χ0v) is 14.7. The number of anilines is 1. The van der Waals surface area contributed by atoms with E-state index in [0.717, 1.165) is 10.8 Å². The van der Waals surface area contributed by atoms with Crippen molar-refractivity contribution in [2.24, 2.45) is 0 Å². The number of halogens is 2. The first kappa shape index (κ1) is 18.0. The third kappa shape index (κ3) is 4.04. The number of hydrogen-bond acceptors (Lipinski definition) is 5. The second-order valence-corrected chi connectivity index (χ2v) is 6.17. The maximum atomic E-state index is 12.2. The molecule has 8 heteroatoms. The highest BCUT2D eigenvalue weighted by Gasteiger charge is 2.16. The molecule has 0 saturated carbocycles. The molecule has 6 nitrogen and oxygen atoms in total. The molecule has 0 aliphatic carbocycles. The van der Waals surface area contributed by atoms with E-state index < -0.39 is 18.5 Å². The molecule has 2 aromatic carbocycles. The molecule has 0 fully saturated rings. The fraction of sp³-hybridized carbons (Fsp3) is 0.0556. The molecule has 0 aliphatic heterocycles. The van der Waals surface area contributed by atoms with Crippen LogP contribution >= 0.6 is 23.2 Å². The maximum Gasteiger partial charge on any atom is 0.342 e. The highest BCUT2D eigenvalue weighted by Crippen LogP contribution is 2.26. The van der Waals surface area contributed by atoms with E-state index in [0.29, 0.717) is 5.02 Å². The molecule has 0 bridgehead atoms. The predicted molar refractivity (Wildman–Crippen MR) is 98.8 cm³/mol. The van der Waals surface area contributed by atoms with Gasteiger partial charge in [-0.05, 0) is 29.0 Å². The van der Waals surface area contributed by atoms with Crippen molar-refractivity contribution in [2.75, 3.05) is 11.9 Å². The van der Waals surface area contributed by atoms with Gasteiger partial charge in [0.1, 0.15) is 11.3 Å². The first-order chi connectivity index (χ1) is 12.4. The SMILES string of the molecule is O=C(COC(=O)c1cc2ccccc2cc1O)Nc1ncc(Cl)cc1Cl. The molecule has 1 heterocycles. The summed E-state index contributed by atoms with van der Waals surface area (Å²) in [5.41, 5.74) is -0.0286. The lowest BCUT2D eigenvalue weighted by Gasteiger charge is -2.09. The first-order valence-corrected chi connectivity index (χ1v) is 8.19. The molecule has 2 N–H and O–H groups in total. The Balaban J connectivity index is 1.66. The Morgan fingerprint density at radius 3 is 2.50 bits per heavy atom. The smallest absolute Gasteiger partial charge is 0.342 e. The number of phenolic OH excluding ortho intramolecular Hbond substituents is 1. The van der Waals surface area contributed by atoms with Crippen LogP contribution in [0.2, 0.25) is 10.0 Å². The zero-order chi connectivity index (χ0) is 18.7. The van der Waals surface area contributed by atoms with E-state index in [9.17, 15) is 14.7 Å². The average molecular weight is 391 g/mol. The van der Waals surface area contributed by atoms with Gasteiger partial charge in [0.2, 0.25) is 0 Å². The third-order valence-corrected chi connectivity index (χ3v) is 3.98. The highest BCUT2D eigenvalue weighted by atomic mass is 35.5. The van der Waals surface area contributed by atoms with Crippen LogP contribution in [0.1, 0.15) is 10.4 Å². The molecule has 132 valence electrons. The van der Waals surface area contributed by atoms with Crippen molar-refractivity contribution in [3.05, 3.63) is 64.3 Å². The number of aromatic hydroxyl groups is 1. The van der Waals surface area contributed by atoms with Crippen molar-refractivity contribution in [3.63, 3.8) is 0 Å². The Bertz CT molecular complexity index is 1010. The van der Waals surface area contributed by atoms with E-state index in [-0.39, 0.29) is 22.2 Å². The van der Waals surface area contributed by atoms with Crippen LogP contribution in [0.5, 0.6) is 5.75 Å². The Labute approximate surface area is 158 Å². The van der Waals surface area contributed by atoms with E-state index >= 15 is 0 Å². The van der Waals surface area contributed by atoms with Crippen molar-refractivity contribution in [1.29, 1.82) is 0 Å². The summed E-state index contributed by atoms with van der Waals surface area (Å²) in [7, 11) is 0. The highest BCUT2D eigenvalue weighted by molar-refractivity contribution is 6.36. The van der Waals surface area contributed by atoms with Gasteiger partial charge in [0.25, 0.3) is 5.91 Å². The quantitative estimate of drug-likeness (QED) is 0.656.